The van der Waals surface area contributed by atoms with Crippen molar-refractivity contribution in [3.8, 4) is 5.75 Å². The summed E-state index contributed by atoms with van der Waals surface area (Å²) in [5.41, 5.74) is 2.57. The molecule has 1 fully saturated rings. The van der Waals surface area contributed by atoms with Crippen molar-refractivity contribution in [2.24, 2.45) is 0 Å². The van der Waals surface area contributed by atoms with Crippen molar-refractivity contribution >= 4 is 0 Å². The maximum absolute atomic E-state index is 5.97. The van der Waals surface area contributed by atoms with Gasteiger partial charge in [-0.1, -0.05) is 42.5 Å². The van der Waals surface area contributed by atoms with Gasteiger partial charge in [-0.05, 0) is 30.2 Å². The summed E-state index contributed by atoms with van der Waals surface area (Å²) < 4.78 is 11.2. The lowest BCUT2D eigenvalue weighted by Gasteiger charge is -2.37. The molecule has 0 aromatic heterocycles. The van der Waals surface area contributed by atoms with E-state index in [9.17, 15) is 0 Å². The largest absolute Gasteiger partial charge is 0.497 e. The molecule has 3 nitrogen and oxygen atoms in total. The van der Waals surface area contributed by atoms with Gasteiger partial charge in [0.15, 0.2) is 0 Å². The fourth-order valence-corrected chi connectivity index (χ4v) is 2.98. The highest BCUT2D eigenvalue weighted by molar-refractivity contribution is 5.29. The van der Waals surface area contributed by atoms with Crippen molar-refractivity contribution in [3.63, 3.8) is 0 Å². The third-order valence-electron chi connectivity index (χ3n) is 4.42. The molecular formula is C19H23NO2. The minimum atomic E-state index is 0.130. The highest BCUT2D eigenvalue weighted by Gasteiger charge is 2.25. The second-order valence-electron chi connectivity index (χ2n) is 5.71. The number of morpholine rings is 1. The zero-order valence-electron chi connectivity index (χ0n) is 13.2. The zero-order valence-corrected chi connectivity index (χ0v) is 13.2. The molecule has 0 unspecified atom stereocenters. The van der Waals surface area contributed by atoms with Crippen LogP contribution >= 0.6 is 0 Å². The first-order valence-corrected chi connectivity index (χ1v) is 7.82. The van der Waals surface area contributed by atoms with Gasteiger partial charge in [-0.2, -0.15) is 0 Å². The van der Waals surface area contributed by atoms with Crippen LogP contribution in [-0.4, -0.2) is 31.7 Å². The molecule has 0 aliphatic carbocycles. The van der Waals surface area contributed by atoms with E-state index in [-0.39, 0.29) is 6.10 Å². The normalized spacial score (nSPS) is 20.5. The molecule has 0 N–H and O–H groups in total. The maximum atomic E-state index is 5.97. The number of hydrogen-bond acceptors (Lipinski definition) is 3. The van der Waals surface area contributed by atoms with E-state index in [1.165, 1.54) is 11.1 Å². The summed E-state index contributed by atoms with van der Waals surface area (Å²) in [4.78, 5) is 2.49. The zero-order chi connectivity index (χ0) is 15.4. The minimum Gasteiger partial charge on any atom is -0.497 e. The van der Waals surface area contributed by atoms with Crippen LogP contribution in [0, 0.1) is 0 Å². The van der Waals surface area contributed by atoms with E-state index in [0.29, 0.717) is 6.04 Å². The Hall–Kier alpha value is -1.84. The van der Waals surface area contributed by atoms with E-state index >= 15 is 0 Å². The Labute approximate surface area is 132 Å². The first kappa shape index (κ1) is 15.1. The molecule has 0 spiro atoms. The van der Waals surface area contributed by atoms with Crippen LogP contribution in [0.25, 0.3) is 0 Å². The maximum Gasteiger partial charge on any atom is 0.118 e. The van der Waals surface area contributed by atoms with Crippen LogP contribution in [0.4, 0.5) is 0 Å². The predicted molar refractivity (Wildman–Crippen MR) is 88.1 cm³/mol. The molecule has 0 saturated carbocycles. The third kappa shape index (κ3) is 3.32. The molecule has 0 bridgehead atoms. The van der Waals surface area contributed by atoms with Crippen molar-refractivity contribution in [2.45, 2.75) is 19.1 Å². The highest BCUT2D eigenvalue weighted by Crippen LogP contribution is 2.29. The van der Waals surface area contributed by atoms with E-state index in [1.54, 1.807) is 7.11 Å². The minimum absolute atomic E-state index is 0.130. The summed E-state index contributed by atoms with van der Waals surface area (Å²) in [5.74, 6) is 0.883. The Balaban J connectivity index is 1.70. The standard InChI is InChI=1S/C19H23NO2/c1-15(16-6-4-3-5-7-16)20-12-13-22-19(14-20)17-8-10-18(21-2)11-9-17/h3-11,15,19H,12-14H2,1-2H3/t15-,19-/m1/s1. The van der Waals surface area contributed by atoms with E-state index in [1.807, 2.05) is 12.1 Å². The average Bonchev–Trinajstić information content (AvgIpc) is 2.62. The van der Waals surface area contributed by atoms with Crippen LogP contribution in [0.2, 0.25) is 0 Å². The Morgan fingerprint density at radius 3 is 2.50 bits per heavy atom. The SMILES string of the molecule is COc1ccc([C@H]2CN([C@H](C)c3ccccc3)CCO2)cc1. The molecule has 3 rings (SSSR count). The molecule has 1 heterocycles. The highest BCUT2D eigenvalue weighted by atomic mass is 16.5. The summed E-state index contributed by atoms with van der Waals surface area (Å²) in [6, 6.07) is 19.3. The quantitative estimate of drug-likeness (QED) is 0.856. The van der Waals surface area contributed by atoms with Gasteiger partial charge in [0.05, 0.1) is 19.8 Å². The Morgan fingerprint density at radius 2 is 1.82 bits per heavy atom. The van der Waals surface area contributed by atoms with Crippen LogP contribution in [0.3, 0.4) is 0 Å². The van der Waals surface area contributed by atoms with Gasteiger partial charge in [0.25, 0.3) is 0 Å². The molecule has 0 amide bonds. The molecule has 2 aromatic carbocycles. The predicted octanol–water partition coefficient (Wildman–Crippen LogP) is 3.83. The molecular weight excluding hydrogens is 274 g/mol. The summed E-state index contributed by atoms with van der Waals surface area (Å²) in [5, 5.41) is 0. The smallest absolute Gasteiger partial charge is 0.118 e. The van der Waals surface area contributed by atoms with Gasteiger partial charge in [-0.3, -0.25) is 4.90 Å². The van der Waals surface area contributed by atoms with Crippen molar-refractivity contribution in [3.05, 3.63) is 65.7 Å². The second kappa shape index (κ2) is 6.95. The third-order valence-corrected chi connectivity index (χ3v) is 4.42. The molecule has 116 valence electrons. The second-order valence-corrected chi connectivity index (χ2v) is 5.71. The Morgan fingerprint density at radius 1 is 1.09 bits per heavy atom. The topological polar surface area (TPSA) is 21.7 Å². The van der Waals surface area contributed by atoms with Crippen molar-refractivity contribution in [1.82, 2.24) is 4.90 Å². The van der Waals surface area contributed by atoms with E-state index in [0.717, 1.165) is 25.4 Å². The molecule has 22 heavy (non-hydrogen) atoms. The summed E-state index contributed by atoms with van der Waals surface area (Å²) in [6.07, 6.45) is 0.130. The van der Waals surface area contributed by atoms with E-state index < -0.39 is 0 Å². The van der Waals surface area contributed by atoms with E-state index in [4.69, 9.17) is 9.47 Å². The summed E-state index contributed by atoms with van der Waals surface area (Å²) in [7, 11) is 1.69. The van der Waals surface area contributed by atoms with Crippen molar-refractivity contribution < 1.29 is 9.47 Å². The number of rotatable bonds is 4. The number of methoxy groups -OCH3 is 1. The Kier molecular flexibility index (Phi) is 4.76. The van der Waals surface area contributed by atoms with Crippen molar-refractivity contribution in [2.75, 3.05) is 26.8 Å². The van der Waals surface area contributed by atoms with Gasteiger partial charge < -0.3 is 9.47 Å². The molecule has 1 saturated heterocycles. The first-order chi connectivity index (χ1) is 10.8. The fourth-order valence-electron chi connectivity index (χ4n) is 2.98. The van der Waals surface area contributed by atoms with Crippen molar-refractivity contribution in [1.29, 1.82) is 0 Å². The number of ether oxygens (including phenoxy) is 2. The van der Waals surface area contributed by atoms with Gasteiger partial charge in [-0.15, -0.1) is 0 Å². The van der Waals surface area contributed by atoms with Crippen LogP contribution in [0.15, 0.2) is 54.6 Å². The molecule has 1 aliphatic heterocycles. The van der Waals surface area contributed by atoms with Gasteiger partial charge in [0.2, 0.25) is 0 Å². The molecule has 1 aliphatic rings. The number of hydrogen-bond donors (Lipinski definition) is 0. The lowest BCUT2D eigenvalue weighted by Crippen LogP contribution is -2.39. The average molecular weight is 297 g/mol. The van der Waals surface area contributed by atoms with E-state index in [2.05, 4.69) is 54.3 Å². The summed E-state index contributed by atoms with van der Waals surface area (Å²) in [6.45, 7) is 4.94. The van der Waals surface area contributed by atoms with Crippen LogP contribution < -0.4 is 4.74 Å². The fraction of sp³-hybridized carbons (Fsp3) is 0.368. The molecule has 2 aromatic rings. The monoisotopic (exact) mass is 297 g/mol. The Bertz CT molecular complexity index is 582. The number of nitrogens with zero attached hydrogens (tertiary/aromatic N) is 1. The molecule has 2 atom stereocenters. The molecule has 3 heteroatoms. The summed E-state index contributed by atoms with van der Waals surface area (Å²) >= 11 is 0. The van der Waals surface area contributed by atoms with Gasteiger partial charge in [0, 0.05) is 19.1 Å². The van der Waals surface area contributed by atoms with Crippen LogP contribution in [0.1, 0.15) is 30.2 Å². The van der Waals surface area contributed by atoms with Gasteiger partial charge in [0.1, 0.15) is 5.75 Å². The molecule has 0 radical (unpaired) electrons. The van der Waals surface area contributed by atoms with Crippen LogP contribution in [0.5, 0.6) is 5.75 Å². The van der Waals surface area contributed by atoms with Gasteiger partial charge >= 0.3 is 0 Å². The lowest BCUT2D eigenvalue weighted by atomic mass is 10.0. The van der Waals surface area contributed by atoms with Gasteiger partial charge in [-0.25, -0.2) is 0 Å². The lowest BCUT2D eigenvalue weighted by molar-refractivity contribution is -0.0431. The number of benzene rings is 2. The van der Waals surface area contributed by atoms with Crippen LogP contribution in [-0.2, 0) is 4.74 Å². The first-order valence-electron chi connectivity index (χ1n) is 7.82.